The van der Waals surface area contributed by atoms with Gasteiger partial charge in [0.1, 0.15) is 5.82 Å². The molecule has 3 nitrogen and oxygen atoms in total. The molecule has 0 atom stereocenters. The molecule has 0 amide bonds. The van der Waals surface area contributed by atoms with Crippen LogP contribution in [0.2, 0.25) is 0 Å². The lowest BCUT2D eigenvalue weighted by atomic mass is 10.1. The number of aromatic nitrogens is 1. The summed E-state index contributed by atoms with van der Waals surface area (Å²) in [5.41, 5.74) is 1.77. The van der Waals surface area contributed by atoms with Gasteiger partial charge in [-0.3, -0.25) is 4.79 Å². The molecule has 56 valence electrons. The minimum absolute atomic E-state index is 0.619. The van der Waals surface area contributed by atoms with Crippen molar-refractivity contribution in [2.45, 2.75) is 12.8 Å². The average Bonchev–Trinajstić information content (AvgIpc) is 2.46. The molecule has 0 aliphatic carbocycles. The van der Waals surface area contributed by atoms with Gasteiger partial charge in [-0.1, -0.05) is 0 Å². The molecule has 1 aliphatic rings. The molecule has 0 unspecified atom stereocenters. The van der Waals surface area contributed by atoms with E-state index in [1.54, 1.807) is 0 Å². The van der Waals surface area contributed by atoms with Crippen LogP contribution in [0.15, 0.2) is 11.1 Å². The largest absolute Gasteiger partial charge is 0.337 e. The van der Waals surface area contributed by atoms with E-state index in [-0.39, 0.29) is 0 Å². The summed E-state index contributed by atoms with van der Waals surface area (Å²) < 4.78 is 0. The molecule has 0 saturated carbocycles. The molecule has 1 aliphatic heterocycles. The first kappa shape index (κ1) is 6.34. The summed E-state index contributed by atoms with van der Waals surface area (Å²) in [6, 6.07) is 1.86. The zero-order valence-electron chi connectivity index (χ0n) is 6.00. The van der Waals surface area contributed by atoms with Gasteiger partial charge < -0.3 is 4.98 Å². The molecule has 0 fully saturated rings. The highest BCUT2D eigenvalue weighted by Crippen LogP contribution is 2.22. The van der Waals surface area contributed by atoms with Gasteiger partial charge in [-0.2, -0.15) is 0 Å². The van der Waals surface area contributed by atoms with Crippen molar-refractivity contribution in [3.05, 3.63) is 17.3 Å². The average molecular weight is 148 g/mol. The molecule has 1 N–H and O–H groups in total. The maximum absolute atomic E-state index is 10.3. The van der Waals surface area contributed by atoms with Crippen LogP contribution >= 0.6 is 0 Å². The summed E-state index contributed by atoms with van der Waals surface area (Å²) in [6.45, 7) is 0. The summed E-state index contributed by atoms with van der Waals surface area (Å²) in [5, 5.41) is 0. The number of nitrogens with one attached hydrogen (secondary N) is 1. The lowest BCUT2D eigenvalue weighted by Gasteiger charge is -2.00. The van der Waals surface area contributed by atoms with Gasteiger partial charge in [0.25, 0.3) is 0 Å². The number of carbonyl (C=O) groups is 1. The summed E-state index contributed by atoms with van der Waals surface area (Å²) in [5.74, 6) is 0.846. The Kier molecular flexibility index (Phi) is 1.35. The van der Waals surface area contributed by atoms with Crippen molar-refractivity contribution in [1.82, 2.24) is 4.98 Å². The first-order valence-corrected chi connectivity index (χ1v) is 3.60. The van der Waals surface area contributed by atoms with Crippen LogP contribution in [0.4, 0.5) is 5.82 Å². The Labute approximate surface area is 64.2 Å². The number of H-pyrrole nitrogens is 1. The second kappa shape index (κ2) is 2.34. The molecule has 0 bridgehead atoms. The monoisotopic (exact) mass is 148 g/mol. The van der Waals surface area contributed by atoms with Gasteiger partial charge >= 0.3 is 0 Å². The topological polar surface area (TPSA) is 45.2 Å². The molecule has 0 aromatic carbocycles. The van der Waals surface area contributed by atoms with E-state index in [0.29, 0.717) is 5.69 Å². The normalized spacial score (nSPS) is 14.5. The SMILES string of the molecule is O=Cc1cc2c([nH]1)N=CCC2. The van der Waals surface area contributed by atoms with E-state index >= 15 is 0 Å². The lowest BCUT2D eigenvalue weighted by molar-refractivity contribution is 0.111. The third-order valence-corrected chi connectivity index (χ3v) is 1.79. The molecule has 0 radical (unpaired) electrons. The minimum atomic E-state index is 0.619. The maximum Gasteiger partial charge on any atom is 0.166 e. The summed E-state index contributed by atoms with van der Waals surface area (Å²) >= 11 is 0. The number of fused-ring (bicyclic) bond motifs is 1. The van der Waals surface area contributed by atoms with Crippen LogP contribution < -0.4 is 0 Å². The minimum Gasteiger partial charge on any atom is -0.337 e. The van der Waals surface area contributed by atoms with Crippen LogP contribution in [-0.4, -0.2) is 17.5 Å². The van der Waals surface area contributed by atoms with Gasteiger partial charge in [0.05, 0.1) is 5.69 Å². The van der Waals surface area contributed by atoms with E-state index in [2.05, 4.69) is 9.98 Å². The maximum atomic E-state index is 10.3. The fraction of sp³-hybridized carbons (Fsp3) is 0.250. The van der Waals surface area contributed by atoms with Crippen molar-refractivity contribution in [1.29, 1.82) is 0 Å². The van der Waals surface area contributed by atoms with Crippen molar-refractivity contribution < 1.29 is 4.79 Å². The Balaban J connectivity index is 2.49. The van der Waals surface area contributed by atoms with E-state index in [1.807, 2.05) is 12.3 Å². The molecule has 2 heterocycles. The Morgan fingerprint density at radius 1 is 1.64 bits per heavy atom. The Hall–Kier alpha value is -1.38. The van der Waals surface area contributed by atoms with Crippen molar-refractivity contribution in [3.63, 3.8) is 0 Å². The fourth-order valence-corrected chi connectivity index (χ4v) is 1.25. The van der Waals surface area contributed by atoms with Gasteiger partial charge in [0, 0.05) is 6.21 Å². The molecule has 3 heteroatoms. The zero-order chi connectivity index (χ0) is 7.68. The van der Waals surface area contributed by atoms with Gasteiger partial charge in [0.15, 0.2) is 6.29 Å². The number of hydrogen-bond donors (Lipinski definition) is 1. The van der Waals surface area contributed by atoms with Gasteiger partial charge in [0.2, 0.25) is 0 Å². The van der Waals surface area contributed by atoms with Crippen molar-refractivity contribution in [3.8, 4) is 0 Å². The summed E-state index contributed by atoms with van der Waals surface area (Å²) in [6.07, 6.45) is 4.65. The van der Waals surface area contributed by atoms with E-state index in [9.17, 15) is 4.79 Å². The van der Waals surface area contributed by atoms with Crippen molar-refractivity contribution >= 4 is 18.3 Å². The Morgan fingerprint density at radius 2 is 2.55 bits per heavy atom. The van der Waals surface area contributed by atoms with Crippen LogP contribution in [0.1, 0.15) is 22.5 Å². The fourth-order valence-electron chi connectivity index (χ4n) is 1.25. The molecule has 2 rings (SSSR count). The highest BCUT2D eigenvalue weighted by molar-refractivity contribution is 5.76. The van der Waals surface area contributed by atoms with Gasteiger partial charge in [-0.05, 0) is 24.5 Å². The second-order valence-corrected chi connectivity index (χ2v) is 2.57. The third kappa shape index (κ3) is 0.981. The van der Waals surface area contributed by atoms with Crippen molar-refractivity contribution in [2.75, 3.05) is 0 Å². The van der Waals surface area contributed by atoms with Gasteiger partial charge in [-0.15, -0.1) is 0 Å². The quantitative estimate of drug-likeness (QED) is 0.602. The van der Waals surface area contributed by atoms with Crippen LogP contribution in [0.3, 0.4) is 0 Å². The number of hydrogen-bond acceptors (Lipinski definition) is 2. The molecule has 11 heavy (non-hydrogen) atoms. The second-order valence-electron chi connectivity index (χ2n) is 2.57. The standard InChI is InChI=1S/C8H8N2O/c11-5-7-4-6-2-1-3-9-8(6)10-7/h3-5,10H,1-2H2. The number of aldehydes is 1. The molecule has 1 aromatic rings. The van der Waals surface area contributed by atoms with E-state index in [4.69, 9.17) is 0 Å². The number of aromatic amines is 1. The van der Waals surface area contributed by atoms with Crippen LogP contribution in [0.5, 0.6) is 0 Å². The van der Waals surface area contributed by atoms with E-state index in [1.165, 1.54) is 0 Å². The number of aliphatic imine (C=N–C) groups is 1. The van der Waals surface area contributed by atoms with E-state index < -0.39 is 0 Å². The highest BCUT2D eigenvalue weighted by Gasteiger charge is 2.08. The predicted molar refractivity (Wildman–Crippen MR) is 42.7 cm³/mol. The molecular formula is C8H8N2O. The van der Waals surface area contributed by atoms with Crippen LogP contribution in [0, 0.1) is 0 Å². The Morgan fingerprint density at radius 3 is 3.27 bits per heavy atom. The number of nitrogens with zero attached hydrogens (tertiary/aromatic N) is 1. The lowest BCUT2D eigenvalue weighted by Crippen LogP contribution is -1.89. The van der Waals surface area contributed by atoms with E-state index in [0.717, 1.165) is 30.5 Å². The molecule has 1 aromatic heterocycles. The highest BCUT2D eigenvalue weighted by atomic mass is 16.1. The summed E-state index contributed by atoms with van der Waals surface area (Å²) in [7, 11) is 0. The molecule has 0 saturated heterocycles. The van der Waals surface area contributed by atoms with Crippen LogP contribution in [0.25, 0.3) is 0 Å². The molecule has 0 spiro atoms. The first-order valence-electron chi connectivity index (χ1n) is 3.60. The van der Waals surface area contributed by atoms with Gasteiger partial charge in [-0.25, -0.2) is 4.99 Å². The summed E-state index contributed by atoms with van der Waals surface area (Å²) in [4.78, 5) is 17.4. The van der Waals surface area contributed by atoms with Crippen LogP contribution in [-0.2, 0) is 6.42 Å². The van der Waals surface area contributed by atoms with Crippen molar-refractivity contribution in [2.24, 2.45) is 4.99 Å². The zero-order valence-corrected chi connectivity index (χ0v) is 6.00. The number of carbonyl (C=O) groups excluding carboxylic acids is 1. The Bertz CT molecular complexity index is 312. The molecular weight excluding hydrogens is 140 g/mol. The predicted octanol–water partition coefficient (Wildman–Crippen LogP) is 1.48. The number of aryl methyl sites for hydroxylation is 1. The smallest absolute Gasteiger partial charge is 0.166 e. The first-order chi connectivity index (χ1) is 5.40. The third-order valence-electron chi connectivity index (χ3n) is 1.79. The number of rotatable bonds is 1.